The summed E-state index contributed by atoms with van der Waals surface area (Å²) in [5.74, 6) is -0.295. The van der Waals surface area contributed by atoms with Crippen molar-refractivity contribution in [1.82, 2.24) is 14.8 Å². The van der Waals surface area contributed by atoms with Crippen LogP contribution in [0.4, 0.5) is 5.00 Å². The van der Waals surface area contributed by atoms with Gasteiger partial charge in [-0.15, -0.1) is 21.5 Å². The predicted octanol–water partition coefficient (Wildman–Crippen LogP) is 3.95. The lowest BCUT2D eigenvalue weighted by Crippen LogP contribution is -2.17. The van der Waals surface area contributed by atoms with Gasteiger partial charge in [0.05, 0.1) is 22.8 Å². The van der Waals surface area contributed by atoms with Gasteiger partial charge in [-0.2, -0.15) is 0 Å². The molecule has 3 N–H and O–H groups in total. The van der Waals surface area contributed by atoms with Crippen LogP contribution in [-0.4, -0.2) is 44.9 Å². The van der Waals surface area contributed by atoms with Gasteiger partial charge in [0.25, 0.3) is 5.91 Å². The molecule has 2 amide bonds. The van der Waals surface area contributed by atoms with E-state index < -0.39 is 11.9 Å². The Bertz CT molecular complexity index is 1300. The van der Waals surface area contributed by atoms with Crippen molar-refractivity contribution in [3.8, 4) is 5.75 Å². The van der Waals surface area contributed by atoms with E-state index in [0.29, 0.717) is 16.5 Å². The number of amides is 2. The van der Waals surface area contributed by atoms with Crippen LogP contribution in [0.2, 0.25) is 0 Å². The van der Waals surface area contributed by atoms with Crippen molar-refractivity contribution in [2.45, 2.75) is 45.9 Å². The van der Waals surface area contributed by atoms with Gasteiger partial charge < -0.3 is 25.1 Å². The van der Waals surface area contributed by atoms with Crippen LogP contribution in [0.3, 0.4) is 0 Å². The van der Waals surface area contributed by atoms with Crippen molar-refractivity contribution in [3.05, 3.63) is 51.2 Å². The smallest absolute Gasteiger partial charge is 0.341 e. The van der Waals surface area contributed by atoms with Gasteiger partial charge in [0.1, 0.15) is 10.8 Å². The number of aryl methyl sites for hydroxylation is 1. The fourth-order valence-corrected chi connectivity index (χ4v) is 5.26. The third-order valence-electron chi connectivity index (χ3n) is 5.53. The van der Waals surface area contributed by atoms with E-state index in [9.17, 15) is 14.4 Å². The van der Waals surface area contributed by atoms with Gasteiger partial charge in [-0.05, 0) is 57.4 Å². The van der Waals surface area contributed by atoms with E-state index in [1.165, 1.54) is 11.8 Å². The highest BCUT2D eigenvalue weighted by molar-refractivity contribution is 7.99. The molecule has 12 heteroatoms. The first-order chi connectivity index (χ1) is 17.0. The second kappa shape index (κ2) is 11.6. The number of ether oxygens (including phenoxy) is 2. The largest absolute Gasteiger partial charge is 0.482 e. The first-order valence-corrected chi connectivity index (χ1v) is 13.0. The first kappa shape index (κ1) is 27.2. The number of carbonyl (C=O) groups excluding carboxylic acids is 3. The molecule has 0 saturated carbocycles. The molecule has 0 aliphatic rings. The van der Waals surface area contributed by atoms with Crippen LogP contribution < -0.4 is 15.8 Å². The zero-order valence-corrected chi connectivity index (χ0v) is 22.6. The summed E-state index contributed by atoms with van der Waals surface area (Å²) in [7, 11) is 1.80. The van der Waals surface area contributed by atoms with Crippen molar-refractivity contribution in [3.63, 3.8) is 0 Å². The highest BCUT2D eigenvalue weighted by Crippen LogP contribution is 2.34. The molecule has 0 fully saturated rings. The number of rotatable bonds is 10. The van der Waals surface area contributed by atoms with E-state index in [4.69, 9.17) is 15.2 Å². The second-order valence-corrected chi connectivity index (χ2v) is 10.0. The van der Waals surface area contributed by atoms with Gasteiger partial charge in [-0.25, -0.2) is 4.79 Å². The van der Waals surface area contributed by atoms with Crippen molar-refractivity contribution in [1.29, 1.82) is 0 Å². The Morgan fingerprint density at radius 1 is 1.19 bits per heavy atom. The van der Waals surface area contributed by atoms with Crippen LogP contribution in [0.15, 0.2) is 23.4 Å². The Balaban J connectivity index is 1.69. The highest BCUT2D eigenvalue weighted by Gasteiger charge is 2.26. The molecule has 2 aromatic heterocycles. The van der Waals surface area contributed by atoms with Gasteiger partial charge in [0.15, 0.2) is 17.1 Å². The number of nitrogens with one attached hydrogen (secondary N) is 1. The third-order valence-corrected chi connectivity index (χ3v) is 7.77. The molecule has 0 saturated heterocycles. The number of anilines is 1. The Morgan fingerprint density at radius 2 is 1.92 bits per heavy atom. The molecule has 3 aromatic rings. The van der Waals surface area contributed by atoms with E-state index in [1.807, 2.05) is 39.0 Å². The minimum atomic E-state index is -0.679. The summed E-state index contributed by atoms with van der Waals surface area (Å²) in [5, 5.41) is 11.9. The Morgan fingerprint density at radius 3 is 2.58 bits per heavy atom. The lowest BCUT2D eigenvalue weighted by atomic mass is 10.1. The number of thioether (sulfide) groups is 1. The van der Waals surface area contributed by atoms with Crippen molar-refractivity contribution in [2.75, 3.05) is 17.7 Å². The normalized spacial score (nSPS) is 11.7. The van der Waals surface area contributed by atoms with Gasteiger partial charge in [0, 0.05) is 7.05 Å². The number of aromatic nitrogens is 3. The van der Waals surface area contributed by atoms with Crippen LogP contribution in [0.25, 0.3) is 0 Å². The number of hydrogen-bond acceptors (Lipinski definition) is 9. The van der Waals surface area contributed by atoms with Gasteiger partial charge in [-0.1, -0.05) is 23.9 Å². The summed E-state index contributed by atoms with van der Waals surface area (Å²) in [5.41, 5.74) is 8.12. The molecule has 10 nitrogen and oxygen atoms in total. The Labute approximate surface area is 217 Å². The summed E-state index contributed by atoms with van der Waals surface area (Å²) in [6.45, 7) is 9.34. The number of benzene rings is 1. The van der Waals surface area contributed by atoms with Crippen LogP contribution in [0.1, 0.15) is 62.5 Å². The summed E-state index contributed by atoms with van der Waals surface area (Å²) < 4.78 is 13.0. The Hall–Kier alpha value is -3.38. The van der Waals surface area contributed by atoms with Crippen molar-refractivity contribution in [2.24, 2.45) is 12.8 Å². The van der Waals surface area contributed by atoms with Crippen LogP contribution in [-0.2, 0) is 16.6 Å². The van der Waals surface area contributed by atoms with E-state index >= 15 is 0 Å². The van der Waals surface area contributed by atoms with E-state index in [1.54, 1.807) is 25.5 Å². The number of esters is 1. The quantitative estimate of drug-likeness (QED) is 0.296. The van der Waals surface area contributed by atoms with E-state index in [-0.39, 0.29) is 39.8 Å². The molecule has 1 atom stereocenters. The van der Waals surface area contributed by atoms with Crippen molar-refractivity contribution < 1.29 is 23.9 Å². The van der Waals surface area contributed by atoms with Crippen LogP contribution in [0.5, 0.6) is 5.75 Å². The third kappa shape index (κ3) is 5.88. The molecule has 192 valence electrons. The van der Waals surface area contributed by atoms with E-state index in [0.717, 1.165) is 28.2 Å². The SMILES string of the molecule is CCOC(=O)c1c(NC(=O)CSc2nnc(C(C)Oc3cccc(C)c3C)n2C)sc(C(N)=O)c1C. The molecular formula is C24H29N5O5S2. The molecule has 1 unspecified atom stereocenters. The number of nitrogens with two attached hydrogens (primary N) is 1. The standard InChI is InChI=1S/C24H29N5O5S2/c1-7-33-23(32)18-14(4)19(20(25)31)36-22(18)26-17(30)11-35-24-28-27-21(29(24)6)15(5)34-16-10-8-9-12(2)13(16)3/h8-10,15H,7,11H2,1-6H3,(H2,25,31)(H,26,30). The minimum Gasteiger partial charge on any atom is -0.482 e. The highest BCUT2D eigenvalue weighted by atomic mass is 32.2. The molecule has 0 aliphatic carbocycles. The molecule has 2 heterocycles. The summed E-state index contributed by atoms with van der Waals surface area (Å²) in [6, 6.07) is 5.88. The topological polar surface area (TPSA) is 138 Å². The fraction of sp³-hybridized carbons (Fsp3) is 0.375. The maximum atomic E-state index is 12.7. The molecular weight excluding hydrogens is 502 g/mol. The van der Waals surface area contributed by atoms with Gasteiger partial charge >= 0.3 is 5.97 Å². The maximum absolute atomic E-state index is 12.7. The fourth-order valence-electron chi connectivity index (χ4n) is 3.48. The second-order valence-electron chi connectivity index (χ2n) is 8.04. The van der Waals surface area contributed by atoms with Crippen LogP contribution >= 0.6 is 23.1 Å². The molecule has 1 aromatic carbocycles. The molecule has 36 heavy (non-hydrogen) atoms. The molecule has 0 aliphatic heterocycles. The average Bonchev–Trinajstić information content (AvgIpc) is 3.35. The maximum Gasteiger partial charge on any atom is 0.341 e. The zero-order chi connectivity index (χ0) is 26.6. The summed E-state index contributed by atoms with van der Waals surface area (Å²) >= 11 is 2.13. The summed E-state index contributed by atoms with van der Waals surface area (Å²) in [6.07, 6.45) is -0.361. The Kier molecular flexibility index (Phi) is 8.75. The lowest BCUT2D eigenvalue weighted by molar-refractivity contribution is -0.113. The first-order valence-electron chi connectivity index (χ1n) is 11.2. The van der Waals surface area contributed by atoms with E-state index in [2.05, 4.69) is 15.5 Å². The minimum absolute atomic E-state index is 0.00329. The van der Waals surface area contributed by atoms with Crippen molar-refractivity contribution >= 4 is 45.9 Å². The van der Waals surface area contributed by atoms with Crippen LogP contribution in [0, 0.1) is 20.8 Å². The number of nitrogens with zero attached hydrogens (tertiary/aromatic N) is 3. The van der Waals surface area contributed by atoms with Gasteiger partial charge in [-0.3, -0.25) is 9.59 Å². The lowest BCUT2D eigenvalue weighted by Gasteiger charge is -2.16. The molecule has 3 rings (SSSR count). The summed E-state index contributed by atoms with van der Waals surface area (Å²) in [4.78, 5) is 37.0. The van der Waals surface area contributed by atoms with Gasteiger partial charge in [0.2, 0.25) is 5.91 Å². The predicted molar refractivity (Wildman–Crippen MR) is 139 cm³/mol. The molecule has 0 spiro atoms. The molecule has 0 radical (unpaired) electrons. The zero-order valence-electron chi connectivity index (χ0n) is 21.0. The number of thiophene rings is 1. The number of carbonyl (C=O) groups is 3. The number of primary amides is 1. The monoisotopic (exact) mass is 531 g/mol. The molecule has 0 bridgehead atoms. The number of hydrogen-bond donors (Lipinski definition) is 2. The average molecular weight is 532 g/mol.